The fourth-order valence-electron chi connectivity index (χ4n) is 1.94. The van der Waals surface area contributed by atoms with Gasteiger partial charge >= 0.3 is 11.8 Å². The molecule has 2 aromatic carbocycles. The van der Waals surface area contributed by atoms with Crippen molar-refractivity contribution in [3.63, 3.8) is 0 Å². The Morgan fingerprint density at radius 3 is 2.57 bits per heavy atom. The van der Waals surface area contributed by atoms with Crippen molar-refractivity contribution in [2.75, 3.05) is 5.32 Å². The van der Waals surface area contributed by atoms with Crippen LogP contribution in [0.4, 0.5) is 5.69 Å². The minimum Gasteiger partial charge on any atom is -0.317 e. The van der Waals surface area contributed by atoms with Crippen molar-refractivity contribution >= 4 is 35.3 Å². The van der Waals surface area contributed by atoms with Crippen molar-refractivity contribution in [2.45, 2.75) is 13.8 Å². The second-order valence-corrected chi connectivity index (χ2v) is 5.46. The van der Waals surface area contributed by atoms with Gasteiger partial charge < -0.3 is 5.32 Å². The van der Waals surface area contributed by atoms with Gasteiger partial charge in [-0.05, 0) is 43.2 Å². The van der Waals surface area contributed by atoms with Crippen molar-refractivity contribution in [2.24, 2.45) is 5.10 Å². The molecule has 2 rings (SSSR count). The predicted octanol–water partition coefficient (Wildman–Crippen LogP) is 3.05. The molecule has 0 saturated heterocycles. The second kappa shape index (κ2) is 7.56. The van der Waals surface area contributed by atoms with E-state index in [0.717, 1.165) is 11.1 Å². The topological polar surface area (TPSA) is 70.6 Å². The summed E-state index contributed by atoms with van der Waals surface area (Å²) in [6.45, 7) is 3.81. The van der Waals surface area contributed by atoms with Crippen molar-refractivity contribution in [3.05, 3.63) is 64.2 Å². The molecule has 0 aliphatic heterocycles. The maximum absolute atomic E-state index is 11.8. The molecule has 23 heavy (non-hydrogen) atoms. The van der Waals surface area contributed by atoms with Gasteiger partial charge in [-0.1, -0.05) is 41.4 Å². The van der Waals surface area contributed by atoms with E-state index in [4.69, 9.17) is 11.6 Å². The van der Waals surface area contributed by atoms with Crippen LogP contribution in [0.5, 0.6) is 0 Å². The van der Waals surface area contributed by atoms with Gasteiger partial charge in [0, 0.05) is 10.7 Å². The number of hydrazone groups is 1. The Hall–Kier alpha value is -2.66. The van der Waals surface area contributed by atoms with Crippen LogP contribution in [0.2, 0.25) is 5.02 Å². The number of aryl methyl sites for hydroxylation is 2. The average Bonchev–Trinajstić information content (AvgIpc) is 2.50. The number of carbonyl (C=O) groups excluding carboxylic acids is 2. The molecule has 6 heteroatoms. The quantitative estimate of drug-likeness (QED) is 0.516. The SMILES string of the molecule is Cc1ccc(NC(=O)C(=O)N/N=C/c2cccc(Cl)c2)c(C)c1. The lowest BCUT2D eigenvalue weighted by Gasteiger charge is -2.08. The summed E-state index contributed by atoms with van der Waals surface area (Å²) in [4.78, 5) is 23.5. The summed E-state index contributed by atoms with van der Waals surface area (Å²) in [6.07, 6.45) is 1.41. The van der Waals surface area contributed by atoms with Gasteiger partial charge in [0.2, 0.25) is 0 Å². The third-order valence-corrected chi connectivity index (χ3v) is 3.30. The molecule has 0 aliphatic rings. The number of hydrogen-bond acceptors (Lipinski definition) is 3. The summed E-state index contributed by atoms with van der Waals surface area (Å²) in [5.41, 5.74) is 5.45. The zero-order valence-corrected chi connectivity index (χ0v) is 13.5. The fourth-order valence-corrected chi connectivity index (χ4v) is 2.13. The summed E-state index contributed by atoms with van der Waals surface area (Å²) in [5.74, 6) is -1.62. The average molecular weight is 330 g/mol. The van der Waals surface area contributed by atoms with E-state index in [1.54, 1.807) is 30.3 Å². The van der Waals surface area contributed by atoms with Crippen molar-refractivity contribution in [1.82, 2.24) is 5.43 Å². The highest BCUT2D eigenvalue weighted by Crippen LogP contribution is 2.15. The van der Waals surface area contributed by atoms with Crippen LogP contribution in [0.25, 0.3) is 0 Å². The molecular weight excluding hydrogens is 314 g/mol. The molecule has 0 unspecified atom stereocenters. The van der Waals surface area contributed by atoms with Gasteiger partial charge in [0.05, 0.1) is 6.21 Å². The summed E-state index contributed by atoms with van der Waals surface area (Å²) in [5, 5.41) is 6.85. The first-order valence-corrected chi connectivity index (χ1v) is 7.31. The van der Waals surface area contributed by atoms with Gasteiger partial charge in [-0.25, -0.2) is 5.43 Å². The molecule has 0 spiro atoms. The highest BCUT2D eigenvalue weighted by Gasteiger charge is 2.13. The molecule has 0 aromatic heterocycles. The molecule has 0 aliphatic carbocycles. The van der Waals surface area contributed by atoms with Gasteiger partial charge in [-0.15, -0.1) is 0 Å². The molecule has 0 saturated carbocycles. The first-order chi connectivity index (χ1) is 11.0. The van der Waals surface area contributed by atoms with Crippen LogP contribution in [-0.2, 0) is 9.59 Å². The van der Waals surface area contributed by atoms with Crippen molar-refractivity contribution in [3.8, 4) is 0 Å². The lowest BCUT2D eigenvalue weighted by molar-refractivity contribution is -0.136. The summed E-state index contributed by atoms with van der Waals surface area (Å²) < 4.78 is 0. The molecule has 2 amide bonds. The number of amides is 2. The van der Waals surface area contributed by atoms with Crippen LogP contribution >= 0.6 is 11.6 Å². The number of hydrogen-bond donors (Lipinski definition) is 2. The van der Waals surface area contributed by atoms with E-state index in [2.05, 4.69) is 15.8 Å². The summed E-state index contributed by atoms with van der Waals surface area (Å²) >= 11 is 5.84. The largest absolute Gasteiger partial charge is 0.329 e. The highest BCUT2D eigenvalue weighted by atomic mass is 35.5. The standard InChI is InChI=1S/C17H16ClN3O2/c1-11-6-7-15(12(2)8-11)20-16(22)17(23)21-19-10-13-4-3-5-14(18)9-13/h3-10H,1-2H3,(H,20,22)(H,21,23)/b19-10+. The number of benzene rings is 2. The number of halogens is 1. The van der Waals surface area contributed by atoms with Gasteiger partial charge in [0.1, 0.15) is 0 Å². The van der Waals surface area contributed by atoms with E-state index in [0.29, 0.717) is 16.3 Å². The number of nitrogens with one attached hydrogen (secondary N) is 2. The molecular formula is C17H16ClN3O2. The zero-order chi connectivity index (χ0) is 16.8. The second-order valence-electron chi connectivity index (χ2n) is 5.03. The third-order valence-electron chi connectivity index (χ3n) is 3.06. The highest BCUT2D eigenvalue weighted by molar-refractivity contribution is 6.39. The van der Waals surface area contributed by atoms with Crippen LogP contribution < -0.4 is 10.7 Å². The Morgan fingerprint density at radius 2 is 1.87 bits per heavy atom. The van der Waals surface area contributed by atoms with E-state index in [-0.39, 0.29) is 0 Å². The maximum atomic E-state index is 11.8. The minimum absolute atomic E-state index is 0.563. The maximum Gasteiger partial charge on any atom is 0.329 e. The summed E-state index contributed by atoms with van der Waals surface area (Å²) in [6, 6.07) is 12.5. The van der Waals surface area contributed by atoms with Crippen LogP contribution in [0, 0.1) is 13.8 Å². The Bertz CT molecular complexity index is 772. The van der Waals surface area contributed by atoms with E-state index >= 15 is 0 Å². The Kier molecular flexibility index (Phi) is 5.49. The number of carbonyl (C=O) groups is 2. The van der Waals surface area contributed by atoms with Crippen LogP contribution in [-0.4, -0.2) is 18.0 Å². The normalized spacial score (nSPS) is 10.6. The fraction of sp³-hybridized carbons (Fsp3) is 0.118. The molecule has 0 bridgehead atoms. The van der Waals surface area contributed by atoms with Crippen LogP contribution in [0.3, 0.4) is 0 Å². The van der Waals surface area contributed by atoms with Gasteiger partial charge in [0.15, 0.2) is 0 Å². The Balaban J connectivity index is 1.93. The third kappa shape index (κ3) is 4.93. The predicted molar refractivity (Wildman–Crippen MR) is 91.7 cm³/mol. The number of anilines is 1. The smallest absolute Gasteiger partial charge is 0.317 e. The van der Waals surface area contributed by atoms with Crippen molar-refractivity contribution in [1.29, 1.82) is 0 Å². The molecule has 0 radical (unpaired) electrons. The zero-order valence-electron chi connectivity index (χ0n) is 12.8. The summed E-state index contributed by atoms with van der Waals surface area (Å²) in [7, 11) is 0. The first-order valence-electron chi connectivity index (χ1n) is 6.93. The molecule has 2 aromatic rings. The first kappa shape index (κ1) is 16.7. The van der Waals surface area contributed by atoms with Crippen molar-refractivity contribution < 1.29 is 9.59 Å². The van der Waals surface area contributed by atoms with Gasteiger partial charge in [-0.2, -0.15) is 5.10 Å². The van der Waals surface area contributed by atoms with E-state index in [1.807, 2.05) is 26.0 Å². The lowest BCUT2D eigenvalue weighted by atomic mass is 10.1. The number of rotatable bonds is 3. The van der Waals surface area contributed by atoms with Crippen LogP contribution in [0.1, 0.15) is 16.7 Å². The molecule has 5 nitrogen and oxygen atoms in total. The van der Waals surface area contributed by atoms with E-state index in [1.165, 1.54) is 6.21 Å². The molecule has 0 heterocycles. The minimum atomic E-state index is -0.844. The Morgan fingerprint density at radius 1 is 1.09 bits per heavy atom. The van der Waals surface area contributed by atoms with E-state index < -0.39 is 11.8 Å². The lowest BCUT2D eigenvalue weighted by Crippen LogP contribution is -2.32. The Labute approximate surface area is 139 Å². The molecule has 118 valence electrons. The molecule has 2 N–H and O–H groups in total. The molecule has 0 fully saturated rings. The number of nitrogens with zero attached hydrogens (tertiary/aromatic N) is 1. The molecule has 0 atom stereocenters. The van der Waals surface area contributed by atoms with E-state index in [9.17, 15) is 9.59 Å². The monoisotopic (exact) mass is 329 g/mol. The van der Waals surface area contributed by atoms with Gasteiger partial charge in [0.25, 0.3) is 0 Å². The van der Waals surface area contributed by atoms with Gasteiger partial charge in [-0.3, -0.25) is 9.59 Å². The van der Waals surface area contributed by atoms with Crippen LogP contribution in [0.15, 0.2) is 47.6 Å².